The number of anilines is 1. The van der Waals surface area contributed by atoms with Crippen LogP contribution < -0.4 is 5.32 Å². The Morgan fingerprint density at radius 2 is 2.18 bits per heavy atom. The van der Waals surface area contributed by atoms with E-state index >= 15 is 0 Å². The Morgan fingerprint density at radius 1 is 1.45 bits per heavy atom. The highest BCUT2D eigenvalue weighted by Gasteiger charge is 2.25. The Morgan fingerprint density at radius 3 is 2.73 bits per heavy atom. The lowest BCUT2D eigenvalue weighted by Crippen LogP contribution is -2.29. The molecule has 7 heteroatoms. The highest BCUT2D eigenvalue weighted by molar-refractivity contribution is 7.10. The summed E-state index contributed by atoms with van der Waals surface area (Å²) in [6, 6.07) is 7.89. The fraction of sp³-hybridized carbons (Fsp3) is 0.267. The monoisotopic (exact) mass is 320 g/mol. The molecule has 0 spiro atoms. The summed E-state index contributed by atoms with van der Waals surface area (Å²) in [7, 11) is 0. The van der Waals surface area contributed by atoms with Gasteiger partial charge >= 0.3 is 0 Å². The highest BCUT2D eigenvalue weighted by Crippen LogP contribution is 2.29. The molecule has 1 atom stereocenters. The van der Waals surface area contributed by atoms with E-state index in [9.17, 15) is 20.0 Å². The second-order valence-corrected chi connectivity index (χ2v) is 6.10. The quantitative estimate of drug-likeness (QED) is 0.484. The lowest BCUT2D eigenvalue weighted by atomic mass is 10.0. The van der Waals surface area contributed by atoms with Gasteiger partial charge in [-0.25, -0.2) is 0 Å². The Labute approximate surface area is 131 Å². The van der Waals surface area contributed by atoms with Gasteiger partial charge < -0.3 is 10.4 Å². The van der Waals surface area contributed by atoms with Gasteiger partial charge in [-0.1, -0.05) is 6.07 Å². The maximum absolute atomic E-state index is 11.3. The molecule has 0 amide bonds. The second-order valence-electron chi connectivity index (χ2n) is 5.15. The molecule has 0 saturated heterocycles. The summed E-state index contributed by atoms with van der Waals surface area (Å²) in [6.07, 6.45) is 0. The smallest absolute Gasteiger partial charge is 0.293 e. The number of aliphatic hydroxyl groups is 1. The van der Waals surface area contributed by atoms with Crippen molar-refractivity contribution in [3.8, 4) is 0 Å². The zero-order chi connectivity index (χ0) is 16.3. The van der Waals surface area contributed by atoms with Gasteiger partial charge in [-0.3, -0.25) is 14.9 Å². The van der Waals surface area contributed by atoms with Crippen molar-refractivity contribution in [3.05, 3.63) is 56.3 Å². The van der Waals surface area contributed by atoms with Crippen LogP contribution in [0, 0.1) is 10.1 Å². The van der Waals surface area contributed by atoms with E-state index in [-0.39, 0.29) is 29.3 Å². The average Bonchev–Trinajstić information content (AvgIpc) is 2.99. The van der Waals surface area contributed by atoms with Gasteiger partial charge in [0.25, 0.3) is 5.69 Å². The third kappa shape index (κ3) is 3.49. The predicted molar refractivity (Wildman–Crippen MR) is 85.5 cm³/mol. The number of nitrogens with zero attached hydrogens (tertiary/aromatic N) is 1. The number of hydrogen-bond acceptors (Lipinski definition) is 6. The Balaban J connectivity index is 2.22. The first-order valence-corrected chi connectivity index (χ1v) is 7.49. The van der Waals surface area contributed by atoms with Gasteiger partial charge in [-0.2, -0.15) is 0 Å². The Kier molecular flexibility index (Phi) is 4.58. The molecule has 0 radical (unpaired) electrons. The third-order valence-electron chi connectivity index (χ3n) is 3.28. The molecule has 2 rings (SSSR count). The molecule has 0 aliphatic carbocycles. The van der Waals surface area contributed by atoms with Gasteiger partial charge in [0.15, 0.2) is 5.78 Å². The van der Waals surface area contributed by atoms with Gasteiger partial charge in [0.2, 0.25) is 0 Å². The Bertz CT molecular complexity index is 696. The molecule has 0 bridgehead atoms. The van der Waals surface area contributed by atoms with Crippen LogP contribution in [0.15, 0.2) is 35.7 Å². The number of nitrogens with one attached hydrogen (secondary N) is 1. The number of Topliss-reactive ketones (excluding diaryl/α,β-unsaturated/α-hetero) is 1. The zero-order valence-corrected chi connectivity index (χ0v) is 13.0. The van der Waals surface area contributed by atoms with Crippen molar-refractivity contribution in [2.45, 2.75) is 19.4 Å². The van der Waals surface area contributed by atoms with Gasteiger partial charge in [0, 0.05) is 23.1 Å². The maximum atomic E-state index is 11.3. The molecule has 0 fully saturated rings. The highest BCUT2D eigenvalue weighted by atomic mass is 32.1. The van der Waals surface area contributed by atoms with Crippen LogP contribution in [-0.2, 0) is 5.60 Å². The lowest BCUT2D eigenvalue weighted by molar-refractivity contribution is -0.384. The fourth-order valence-corrected chi connectivity index (χ4v) is 2.78. The first-order valence-electron chi connectivity index (χ1n) is 6.61. The molecule has 0 saturated carbocycles. The van der Waals surface area contributed by atoms with Gasteiger partial charge in [-0.05, 0) is 37.4 Å². The number of nitro groups is 1. The summed E-state index contributed by atoms with van der Waals surface area (Å²) in [5.41, 5.74) is -0.773. The molecular weight excluding hydrogens is 304 g/mol. The molecule has 6 nitrogen and oxygen atoms in total. The predicted octanol–water partition coefficient (Wildman–Crippen LogP) is 3.18. The summed E-state index contributed by atoms with van der Waals surface area (Å²) in [6.45, 7) is 3.11. The van der Waals surface area contributed by atoms with Crippen LogP contribution >= 0.6 is 11.3 Å². The summed E-state index contributed by atoms with van der Waals surface area (Å²) >= 11 is 1.41. The fourth-order valence-electron chi connectivity index (χ4n) is 1.99. The van der Waals surface area contributed by atoms with Crippen LogP contribution in [0.5, 0.6) is 0 Å². The van der Waals surface area contributed by atoms with Crippen LogP contribution in [0.1, 0.15) is 29.1 Å². The largest absolute Gasteiger partial charge is 0.383 e. The lowest BCUT2D eigenvalue weighted by Gasteiger charge is -2.23. The molecule has 0 aliphatic heterocycles. The number of hydrogen-bond donors (Lipinski definition) is 2. The van der Waals surface area contributed by atoms with E-state index in [2.05, 4.69) is 5.32 Å². The minimum Gasteiger partial charge on any atom is -0.383 e. The zero-order valence-electron chi connectivity index (χ0n) is 12.2. The average molecular weight is 320 g/mol. The minimum atomic E-state index is -1.14. The first kappa shape index (κ1) is 16.1. The van der Waals surface area contributed by atoms with Gasteiger partial charge in [-0.15, -0.1) is 11.3 Å². The number of thiophene rings is 1. The summed E-state index contributed by atoms with van der Waals surface area (Å²) in [4.78, 5) is 22.7. The molecule has 1 aromatic carbocycles. The van der Waals surface area contributed by atoms with E-state index in [0.717, 1.165) is 4.88 Å². The third-order valence-corrected chi connectivity index (χ3v) is 4.40. The molecule has 2 aromatic rings. The van der Waals surface area contributed by atoms with E-state index in [0.29, 0.717) is 0 Å². The van der Waals surface area contributed by atoms with Crippen molar-refractivity contribution in [3.63, 3.8) is 0 Å². The minimum absolute atomic E-state index is 0.119. The van der Waals surface area contributed by atoms with E-state index in [1.54, 1.807) is 13.0 Å². The van der Waals surface area contributed by atoms with Crippen molar-refractivity contribution in [2.24, 2.45) is 0 Å². The number of nitro benzene ring substituents is 1. The van der Waals surface area contributed by atoms with Gasteiger partial charge in [0.1, 0.15) is 11.3 Å². The summed E-state index contributed by atoms with van der Waals surface area (Å²) in [5, 5.41) is 26.3. The SMILES string of the molecule is CC(=O)c1ccc(NCC(C)(O)c2cccs2)c([N+](=O)[O-])c1. The van der Waals surface area contributed by atoms with Crippen LogP contribution in [-0.4, -0.2) is 22.4 Å². The van der Waals surface area contributed by atoms with Gasteiger partial charge in [0.05, 0.1) is 4.92 Å². The van der Waals surface area contributed by atoms with Crippen LogP contribution in [0.3, 0.4) is 0 Å². The number of carbonyl (C=O) groups excluding carboxylic acids is 1. The molecule has 2 N–H and O–H groups in total. The van der Waals surface area contributed by atoms with E-state index in [1.807, 2.05) is 11.4 Å². The van der Waals surface area contributed by atoms with E-state index in [1.165, 1.54) is 36.5 Å². The Hall–Kier alpha value is -2.25. The van der Waals surface area contributed by atoms with Crippen molar-refractivity contribution >= 4 is 28.5 Å². The first-order chi connectivity index (χ1) is 10.3. The van der Waals surface area contributed by atoms with Crippen molar-refractivity contribution in [1.29, 1.82) is 0 Å². The second kappa shape index (κ2) is 6.25. The van der Waals surface area contributed by atoms with Crippen molar-refractivity contribution < 1.29 is 14.8 Å². The van der Waals surface area contributed by atoms with E-state index < -0.39 is 10.5 Å². The van der Waals surface area contributed by atoms with E-state index in [4.69, 9.17) is 0 Å². The van der Waals surface area contributed by atoms with Crippen LogP contribution in [0.25, 0.3) is 0 Å². The molecular formula is C15H16N2O4S. The number of benzene rings is 1. The number of carbonyl (C=O) groups is 1. The topological polar surface area (TPSA) is 92.5 Å². The maximum Gasteiger partial charge on any atom is 0.293 e. The van der Waals surface area contributed by atoms with Crippen LogP contribution in [0.4, 0.5) is 11.4 Å². The molecule has 1 heterocycles. The molecule has 22 heavy (non-hydrogen) atoms. The molecule has 116 valence electrons. The normalized spacial score (nSPS) is 13.4. The molecule has 1 unspecified atom stereocenters. The molecule has 0 aliphatic rings. The number of ketones is 1. The van der Waals surface area contributed by atoms with Crippen molar-refractivity contribution in [1.82, 2.24) is 0 Å². The van der Waals surface area contributed by atoms with Crippen molar-refractivity contribution in [2.75, 3.05) is 11.9 Å². The summed E-state index contributed by atoms with van der Waals surface area (Å²) < 4.78 is 0. The molecule has 1 aromatic heterocycles. The standard InChI is InChI=1S/C15H16N2O4S/c1-10(18)11-5-6-12(13(8-11)17(20)21)16-9-15(2,19)14-4-3-7-22-14/h3-8,16,19H,9H2,1-2H3. The number of rotatable bonds is 6. The van der Waals surface area contributed by atoms with Crippen LogP contribution in [0.2, 0.25) is 0 Å². The summed E-state index contributed by atoms with van der Waals surface area (Å²) in [5.74, 6) is -0.236.